The van der Waals surface area contributed by atoms with E-state index in [1.54, 1.807) is 0 Å². The summed E-state index contributed by atoms with van der Waals surface area (Å²) in [6, 6.07) is 54.1. The summed E-state index contributed by atoms with van der Waals surface area (Å²) in [7, 11) is 0. The molecule has 0 saturated carbocycles. The zero-order chi connectivity index (χ0) is 34.2. The summed E-state index contributed by atoms with van der Waals surface area (Å²) >= 11 is 0. The average molecular weight is 668 g/mol. The Labute approximate surface area is 298 Å². The van der Waals surface area contributed by atoms with E-state index in [0.29, 0.717) is 0 Å². The van der Waals surface area contributed by atoms with E-state index in [4.69, 9.17) is 18.8 Å². The third-order valence-corrected chi connectivity index (χ3v) is 10.3. The first-order valence-electron chi connectivity index (χ1n) is 17.5. The van der Waals surface area contributed by atoms with Crippen LogP contribution in [0.5, 0.6) is 0 Å². The highest BCUT2D eigenvalue weighted by atomic mass is 16.3. The summed E-state index contributed by atoms with van der Waals surface area (Å²) in [5, 5.41) is 11.4. The first-order chi connectivity index (χ1) is 25.8. The normalized spacial score (nSPS) is 14.7. The predicted molar refractivity (Wildman–Crippen MR) is 213 cm³/mol. The number of amidine groups is 1. The lowest BCUT2D eigenvalue weighted by molar-refractivity contribution is 0.668. The highest BCUT2D eigenvalue weighted by Gasteiger charge is 2.24. The van der Waals surface area contributed by atoms with Crippen LogP contribution in [0.1, 0.15) is 22.7 Å². The number of fused-ring (bicyclic) bond motifs is 10. The van der Waals surface area contributed by atoms with Crippen molar-refractivity contribution in [1.82, 2.24) is 10.3 Å². The molecule has 0 radical (unpaired) electrons. The zero-order valence-electron chi connectivity index (χ0n) is 27.9. The zero-order valence-corrected chi connectivity index (χ0v) is 27.9. The quantitative estimate of drug-likeness (QED) is 0.190. The summed E-state index contributed by atoms with van der Waals surface area (Å²) in [5.74, 6) is 0.816. The molecule has 0 fully saturated rings. The van der Waals surface area contributed by atoms with Crippen molar-refractivity contribution in [3.05, 3.63) is 180 Å². The summed E-state index contributed by atoms with van der Waals surface area (Å²) in [6.07, 6.45) is 2.23. The molecule has 5 heteroatoms. The van der Waals surface area contributed by atoms with Gasteiger partial charge in [-0.3, -0.25) is 4.99 Å². The molecule has 7 aromatic carbocycles. The highest BCUT2D eigenvalue weighted by Crippen LogP contribution is 2.42. The monoisotopic (exact) mass is 667 g/mol. The maximum atomic E-state index is 6.37. The highest BCUT2D eigenvalue weighted by molar-refractivity contribution is 6.28. The van der Waals surface area contributed by atoms with Crippen LogP contribution in [0.3, 0.4) is 0 Å². The van der Waals surface area contributed by atoms with Crippen molar-refractivity contribution in [3.63, 3.8) is 0 Å². The van der Waals surface area contributed by atoms with E-state index in [1.807, 2.05) is 54.6 Å². The van der Waals surface area contributed by atoms with Crippen molar-refractivity contribution in [2.45, 2.75) is 6.04 Å². The van der Waals surface area contributed by atoms with E-state index in [-0.39, 0.29) is 6.04 Å². The number of aliphatic imine (C=N–C) groups is 1. The molecule has 1 N–H and O–H groups in total. The number of nitrogens with zero attached hydrogens (tertiary/aromatic N) is 2. The van der Waals surface area contributed by atoms with Crippen molar-refractivity contribution in [2.24, 2.45) is 4.99 Å². The Morgan fingerprint density at radius 1 is 0.481 bits per heavy atom. The van der Waals surface area contributed by atoms with Gasteiger partial charge in [-0.1, -0.05) is 121 Å². The number of pyridine rings is 1. The van der Waals surface area contributed by atoms with Gasteiger partial charge in [0, 0.05) is 60.1 Å². The Morgan fingerprint density at radius 2 is 1.12 bits per heavy atom. The van der Waals surface area contributed by atoms with E-state index in [9.17, 15) is 0 Å². The fourth-order valence-corrected chi connectivity index (χ4v) is 7.93. The molecule has 0 amide bonds. The van der Waals surface area contributed by atoms with E-state index >= 15 is 0 Å². The summed E-state index contributed by atoms with van der Waals surface area (Å²) < 4.78 is 12.7. The maximum absolute atomic E-state index is 6.37. The van der Waals surface area contributed by atoms with Crippen LogP contribution in [0.4, 0.5) is 0 Å². The van der Waals surface area contributed by atoms with Crippen LogP contribution in [-0.4, -0.2) is 10.8 Å². The minimum Gasteiger partial charge on any atom is -0.456 e. The fourth-order valence-electron chi connectivity index (χ4n) is 7.93. The number of benzene rings is 7. The van der Waals surface area contributed by atoms with Gasteiger partial charge < -0.3 is 14.2 Å². The number of nitrogens with one attached hydrogen (secondary N) is 1. The van der Waals surface area contributed by atoms with Crippen molar-refractivity contribution in [1.29, 1.82) is 0 Å². The van der Waals surface area contributed by atoms with Crippen LogP contribution in [-0.2, 0) is 0 Å². The molecular weight excluding hydrogens is 639 g/mol. The smallest absolute Gasteiger partial charge is 0.136 e. The standard InChI is InChI=1S/C47H29N3O2/c1-3-12-28(13-4-1)46-35-24-25-42-45(34-17-8-10-20-40(34)52-42)44(35)32-23-22-30(26-37(32)48-46)36-27-38(50-47(49-36)29-14-5-2-6-15-29)31-18-11-21-41-43(31)33-16-7-9-19-39(33)51-41/h1-27,36H,(H,49,50). The lowest BCUT2D eigenvalue weighted by Gasteiger charge is -2.24. The molecule has 244 valence electrons. The summed E-state index contributed by atoms with van der Waals surface area (Å²) in [6.45, 7) is 0. The van der Waals surface area contributed by atoms with Crippen LogP contribution in [0.2, 0.25) is 0 Å². The average Bonchev–Trinajstić information content (AvgIpc) is 3.79. The molecule has 3 aromatic heterocycles. The first-order valence-corrected chi connectivity index (χ1v) is 17.5. The van der Waals surface area contributed by atoms with E-state index in [2.05, 4.69) is 115 Å². The molecule has 4 heterocycles. The molecule has 0 bridgehead atoms. The molecule has 1 atom stereocenters. The third-order valence-electron chi connectivity index (χ3n) is 10.3. The SMILES string of the molecule is C1=C(c2cccc3oc4ccccc4c23)NC(c2ccccc2)=NC1c1ccc2c(c1)nc(-c1ccccc1)c1ccc3oc4ccccc4c3c12. The van der Waals surface area contributed by atoms with Gasteiger partial charge in [0.1, 0.15) is 28.2 Å². The van der Waals surface area contributed by atoms with Gasteiger partial charge in [-0.05, 0) is 48.0 Å². The third kappa shape index (κ3) is 4.42. The number of hydrogen-bond donors (Lipinski definition) is 1. The van der Waals surface area contributed by atoms with E-state index in [1.165, 1.54) is 0 Å². The summed E-state index contributed by atoms with van der Waals surface area (Å²) in [4.78, 5) is 10.7. The molecule has 0 aliphatic carbocycles. The van der Waals surface area contributed by atoms with Gasteiger partial charge in [-0.15, -0.1) is 0 Å². The van der Waals surface area contributed by atoms with Gasteiger partial charge >= 0.3 is 0 Å². The molecule has 0 saturated heterocycles. The van der Waals surface area contributed by atoms with Crippen molar-refractivity contribution >= 4 is 77.1 Å². The molecular formula is C47H29N3O2. The Bertz CT molecular complexity index is 3100. The van der Waals surface area contributed by atoms with Gasteiger partial charge in [0.15, 0.2) is 0 Å². The molecule has 52 heavy (non-hydrogen) atoms. The molecule has 1 unspecified atom stereocenters. The van der Waals surface area contributed by atoms with Crippen LogP contribution in [0.15, 0.2) is 178 Å². The van der Waals surface area contributed by atoms with Gasteiger partial charge in [0.2, 0.25) is 0 Å². The largest absolute Gasteiger partial charge is 0.456 e. The number of rotatable bonds is 4. The number of aromatic nitrogens is 1. The second-order valence-electron chi connectivity index (χ2n) is 13.3. The Kier molecular flexibility index (Phi) is 6.25. The molecule has 11 rings (SSSR count). The van der Waals surface area contributed by atoms with Crippen LogP contribution in [0.25, 0.3) is 82.5 Å². The predicted octanol–water partition coefficient (Wildman–Crippen LogP) is 12.0. The van der Waals surface area contributed by atoms with Gasteiger partial charge in [-0.25, -0.2) is 4.98 Å². The fraction of sp³-hybridized carbons (Fsp3) is 0.0213. The van der Waals surface area contributed by atoms with E-state index < -0.39 is 0 Å². The van der Waals surface area contributed by atoms with Crippen LogP contribution in [0, 0.1) is 0 Å². The van der Waals surface area contributed by atoms with Gasteiger partial charge in [-0.2, -0.15) is 0 Å². The first kappa shape index (κ1) is 28.8. The minimum absolute atomic E-state index is 0.271. The Hall–Kier alpha value is -6.98. The lowest BCUT2D eigenvalue weighted by atomic mass is 9.94. The van der Waals surface area contributed by atoms with E-state index in [0.717, 1.165) is 105 Å². The van der Waals surface area contributed by atoms with Crippen molar-refractivity contribution in [2.75, 3.05) is 0 Å². The van der Waals surface area contributed by atoms with Gasteiger partial charge in [0.05, 0.1) is 17.3 Å². The number of para-hydroxylation sites is 2. The van der Waals surface area contributed by atoms with Crippen LogP contribution < -0.4 is 5.32 Å². The number of furan rings is 2. The molecule has 1 aliphatic heterocycles. The second kappa shape index (κ2) is 11.3. The Balaban J connectivity index is 1.16. The Morgan fingerprint density at radius 3 is 1.88 bits per heavy atom. The molecule has 1 aliphatic rings. The molecule has 10 aromatic rings. The van der Waals surface area contributed by atoms with Crippen molar-refractivity contribution < 1.29 is 8.83 Å². The lowest BCUT2D eigenvalue weighted by Crippen LogP contribution is -2.27. The minimum atomic E-state index is -0.271. The second-order valence-corrected chi connectivity index (χ2v) is 13.3. The molecule has 5 nitrogen and oxygen atoms in total. The van der Waals surface area contributed by atoms with Crippen molar-refractivity contribution in [3.8, 4) is 11.3 Å². The molecule has 0 spiro atoms. The van der Waals surface area contributed by atoms with Gasteiger partial charge in [0.25, 0.3) is 0 Å². The summed E-state index contributed by atoms with van der Waals surface area (Å²) in [5.41, 5.74) is 10.5. The number of hydrogen-bond acceptors (Lipinski definition) is 5. The topological polar surface area (TPSA) is 63.6 Å². The van der Waals surface area contributed by atoms with Crippen LogP contribution >= 0.6 is 0 Å². The maximum Gasteiger partial charge on any atom is 0.136 e.